The smallest absolute Gasteiger partial charge is 0.272 e. The zero-order valence-corrected chi connectivity index (χ0v) is 18.6. The van der Waals surface area contributed by atoms with Gasteiger partial charge in [-0.1, -0.05) is 19.9 Å². The molecule has 1 aromatic heterocycles. The number of phenols is 1. The number of amides is 2. The molecule has 0 saturated carbocycles. The summed E-state index contributed by atoms with van der Waals surface area (Å²) in [4.78, 5) is 24.5. The minimum Gasteiger partial charge on any atom is -0.507 e. The Morgan fingerprint density at radius 2 is 2.06 bits per heavy atom. The topological polar surface area (TPSA) is 119 Å². The highest BCUT2D eigenvalue weighted by molar-refractivity contribution is 5.95. The lowest BCUT2D eigenvalue weighted by molar-refractivity contribution is -0.118. The molecule has 1 aromatic carbocycles. The maximum atomic E-state index is 13.4. The second-order valence-electron chi connectivity index (χ2n) is 7.97. The van der Waals surface area contributed by atoms with E-state index in [2.05, 4.69) is 21.9 Å². The molecule has 172 valence electrons. The number of nitrogens with zero attached hydrogens (tertiary/aromatic N) is 2. The van der Waals surface area contributed by atoms with E-state index < -0.39 is 23.7 Å². The molecule has 1 aliphatic carbocycles. The fourth-order valence-electron chi connectivity index (χ4n) is 3.55. The zero-order chi connectivity index (χ0) is 24.1. The molecule has 1 aliphatic rings. The molecule has 9 heteroatoms. The molecule has 1 heterocycles. The predicted molar refractivity (Wildman–Crippen MR) is 121 cm³/mol. The second kappa shape index (κ2) is 10.0. The second-order valence-corrected chi connectivity index (χ2v) is 7.97. The van der Waals surface area contributed by atoms with E-state index in [0.29, 0.717) is 29.1 Å². The fourth-order valence-corrected chi connectivity index (χ4v) is 3.55. The van der Waals surface area contributed by atoms with Gasteiger partial charge in [0.1, 0.15) is 17.2 Å². The van der Waals surface area contributed by atoms with Crippen molar-refractivity contribution in [1.82, 2.24) is 15.1 Å². The molecule has 0 unspecified atom stereocenters. The van der Waals surface area contributed by atoms with Gasteiger partial charge in [-0.2, -0.15) is 9.49 Å². The number of carbonyl (C=O) groups excluding carboxylic acids is 2. The number of carbonyl (C=O) groups is 2. The van der Waals surface area contributed by atoms with Gasteiger partial charge < -0.3 is 20.9 Å². The summed E-state index contributed by atoms with van der Waals surface area (Å²) in [5.41, 5.74) is 11.3. The number of aromatic nitrogens is 2. The number of nitrogens with one attached hydrogen (secondary N) is 1. The Balaban J connectivity index is 2.09. The van der Waals surface area contributed by atoms with Crippen LogP contribution in [0.2, 0.25) is 0 Å². The number of aromatic hydroxyl groups is 1. The summed E-state index contributed by atoms with van der Waals surface area (Å²) < 4.78 is 20.1. The van der Waals surface area contributed by atoms with Crippen molar-refractivity contribution < 1.29 is 23.8 Å². The minimum absolute atomic E-state index is 0.00845. The number of primary amides is 1. The third kappa shape index (κ3) is 5.60. The highest BCUT2D eigenvalue weighted by Gasteiger charge is 2.24. The van der Waals surface area contributed by atoms with Gasteiger partial charge in [0.2, 0.25) is 5.91 Å². The molecule has 0 bridgehead atoms. The summed E-state index contributed by atoms with van der Waals surface area (Å²) in [7, 11) is 1.45. The van der Waals surface area contributed by atoms with Gasteiger partial charge in [-0.05, 0) is 54.2 Å². The van der Waals surface area contributed by atoms with E-state index in [9.17, 15) is 19.1 Å². The van der Waals surface area contributed by atoms with Crippen molar-refractivity contribution in [3.05, 3.63) is 59.4 Å². The first kappa shape index (κ1) is 23.6. The fraction of sp³-hybridized carbons (Fsp3) is 0.292. The molecule has 0 aliphatic heterocycles. The van der Waals surface area contributed by atoms with Gasteiger partial charge in [-0.15, -0.1) is 0 Å². The van der Waals surface area contributed by atoms with E-state index in [-0.39, 0.29) is 23.8 Å². The Hall–Kier alpha value is -4.06. The van der Waals surface area contributed by atoms with Crippen LogP contribution in [0.15, 0.2) is 53.7 Å². The molecule has 0 radical (unpaired) electrons. The van der Waals surface area contributed by atoms with Gasteiger partial charge in [-0.3, -0.25) is 9.59 Å². The first-order valence-corrected chi connectivity index (χ1v) is 10.3. The van der Waals surface area contributed by atoms with Crippen LogP contribution in [0.4, 0.5) is 4.39 Å². The van der Waals surface area contributed by atoms with E-state index in [4.69, 9.17) is 10.5 Å². The monoisotopic (exact) mass is 452 g/mol. The minimum atomic E-state index is -0.603. The molecule has 0 saturated heterocycles. The molecule has 4 N–H and O–H groups in total. The Labute approximate surface area is 190 Å². The van der Waals surface area contributed by atoms with E-state index in [0.717, 1.165) is 0 Å². The average molecular weight is 452 g/mol. The van der Waals surface area contributed by atoms with E-state index in [1.165, 1.54) is 36.1 Å². The largest absolute Gasteiger partial charge is 0.507 e. The molecule has 8 nitrogen and oxygen atoms in total. The van der Waals surface area contributed by atoms with Gasteiger partial charge in [0.25, 0.3) is 5.91 Å². The number of rotatable bonds is 9. The third-order valence-electron chi connectivity index (χ3n) is 4.89. The molecule has 3 rings (SSSR count). The lowest BCUT2D eigenvalue weighted by Crippen LogP contribution is -2.39. The molecule has 2 amide bonds. The van der Waals surface area contributed by atoms with Crippen LogP contribution in [0.25, 0.3) is 17.0 Å². The van der Waals surface area contributed by atoms with Crippen molar-refractivity contribution in [3.8, 4) is 22.8 Å². The van der Waals surface area contributed by atoms with Gasteiger partial charge in [-0.25, -0.2) is 4.68 Å². The molecule has 0 fully saturated rings. The molecule has 0 spiro atoms. The van der Waals surface area contributed by atoms with Crippen LogP contribution in [0.3, 0.4) is 0 Å². The number of benzene rings is 1. The molecular formula is C24H25FN4O4. The lowest BCUT2D eigenvalue weighted by atomic mass is 10.0. The summed E-state index contributed by atoms with van der Waals surface area (Å²) in [6, 6.07) is 5.75. The first-order chi connectivity index (χ1) is 15.7. The highest BCUT2D eigenvalue weighted by atomic mass is 19.1. The van der Waals surface area contributed by atoms with E-state index in [1.54, 1.807) is 12.1 Å². The lowest BCUT2D eigenvalue weighted by Gasteiger charge is -2.18. The van der Waals surface area contributed by atoms with Gasteiger partial charge in [0.15, 0.2) is 11.5 Å². The zero-order valence-electron chi connectivity index (χ0n) is 18.6. The number of methoxy groups -OCH3 is 1. The van der Waals surface area contributed by atoms with Crippen LogP contribution in [0.1, 0.15) is 37.2 Å². The Kier molecular flexibility index (Phi) is 7.18. The van der Waals surface area contributed by atoms with Crippen molar-refractivity contribution in [1.29, 1.82) is 0 Å². The Bertz CT molecular complexity index is 1220. The maximum Gasteiger partial charge on any atom is 0.272 e. The summed E-state index contributed by atoms with van der Waals surface area (Å²) in [6.07, 6.45) is 3.15. The Morgan fingerprint density at radius 1 is 1.30 bits per heavy atom. The summed E-state index contributed by atoms with van der Waals surface area (Å²) in [5, 5.41) is 17.7. The van der Waals surface area contributed by atoms with Crippen LogP contribution >= 0.6 is 0 Å². The van der Waals surface area contributed by atoms with Gasteiger partial charge in [0.05, 0.1) is 18.4 Å². The Morgan fingerprint density at radius 3 is 2.67 bits per heavy atom. The van der Waals surface area contributed by atoms with Crippen LogP contribution in [-0.2, 0) is 4.79 Å². The molecule has 1 atom stereocenters. The summed E-state index contributed by atoms with van der Waals surface area (Å²) >= 11 is 0. The number of phenolic OH excluding ortho intramolecular Hbond substituents is 1. The molecule has 2 aromatic rings. The summed E-state index contributed by atoms with van der Waals surface area (Å²) in [6.45, 7) is 3.94. The number of ether oxygens (including phenoxy) is 1. The van der Waals surface area contributed by atoms with Crippen molar-refractivity contribution in [2.45, 2.75) is 32.7 Å². The molecule has 33 heavy (non-hydrogen) atoms. The van der Waals surface area contributed by atoms with Crippen molar-refractivity contribution in [2.24, 2.45) is 11.7 Å². The number of allylic oxidation sites excluding steroid dienone is 4. The van der Waals surface area contributed by atoms with Crippen LogP contribution in [-0.4, -0.2) is 39.9 Å². The quantitative estimate of drug-likeness (QED) is 0.505. The number of hydrogen-bond donors (Lipinski definition) is 3. The highest BCUT2D eigenvalue weighted by Crippen LogP contribution is 2.39. The summed E-state index contributed by atoms with van der Waals surface area (Å²) in [5.74, 6) is -1.18. The number of halogens is 1. The first-order valence-electron chi connectivity index (χ1n) is 10.3. The van der Waals surface area contributed by atoms with Crippen molar-refractivity contribution >= 4 is 17.5 Å². The van der Waals surface area contributed by atoms with Crippen molar-refractivity contribution in [2.75, 3.05) is 7.11 Å². The predicted octanol–water partition coefficient (Wildman–Crippen LogP) is 3.30. The van der Waals surface area contributed by atoms with E-state index in [1.807, 2.05) is 13.8 Å². The van der Waals surface area contributed by atoms with E-state index >= 15 is 0 Å². The van der Waals surface area contributed by atoms with Crippen LogP contribution < -0.4 is 15.8 Å². The number of hydrogen-bond acceptors (Lipinski definition) is 5. The maximum absolute atomic E-state index is 13.4. The van der Waals surface area contributed by atoms with Crippen LogP contribution in [0, 0.1) is 5.92 Å². The normalized spacial score (nSPS) is 13.5. The molecular weight excluding hydrogens is 427 g/mol. The van der Waals surface area contributed by atoms with Gasteiger partial charge >= 0.3 is 0 Å². The standard InChI is InChI=1S/C24H25FN4O4/c1-14(2)11-16(12-22(26)31)27-24(32)18-13-19(23-20(30)5-4-6-21(23)33-3)29(28-18)17-9-7-15(25)8-10-17/h4-7,9,13-14,16,30H,11-12H2,1-3H3,(H2,26,31)(H,27,32)/t16-/m0/s1. The van der Waals surface area contributed by atoms with Crippen molar-refractivity contribution in [3.63, 3.8) is 0 Å². The number of nitrogens with two attached hydrogens (primary N) is 1. The van der Waals surface area contributed by atoms with Gasteiger partial charge in [0, 0.05) is 12.5 Å². The SMILES string of the molecule is COc1cccc(O)c1-c1cc(C(=O)N[C@H](CC(N)=O)CC(C)C)nn1C1=C=C=C(F)C=C1. The average Bonchev–Trinajstić information content (AvgIpc) is 3.18. The van der Waals surface area contributed by atoms with Crippen LogP contribution in [0.5, 0.6) is 11.5 Å². The third-order valence-corrected chi connectivity index (χ3v) is 4.89.